The van der Waals surface area contributed by atoms with Crippen LogP contribution in [-0.2, 0) is 9.53 Å². The van der Waals surface area contributed by atoms with Crippen molar-refractivity contribution in [2.45, 2.75) is 19.4 Å². The maximum atomic E-state index is 14.6. The first-order chi connectivity index (χ1) is 14.5. The number of carbonyl (C=O) groups excluding carboxylic acids is 1. The van der Waals surface area contributed by atoms with Crippen molar-refractivity contribution >= 4 is 29.0 Å². The van der Waals surface area contributed by atoms with Crippen LogP contribution in [0.25, 0.3) is 0 Å². The highest BCUT2D eigenvalue weighted by atomic mass is 32.1. The maximum absolute atomic E-state index is 14.6. The minimum absolute atomic E-state index is 0.314. The average Bonchev–Trinajstić information content (AvgIpc) is 2.77. The average molecular weight is 428 g/mol. The van der Waals surface area contributed by atoms with E-state index in [1.165, 1.54) is 13.2 Å². The summed E-state index contributed by atoms with van der Waals surface area (Å²) in [5.74, 6) is 0.285. The minimum Gasteiger partial charge on any atom is -0.486 e. The van der Waals surface area contributed by atoms with Crippen LogP contribution in [0.3, 0.4) is 0 Å². The molecule has 0 bridgehead atoms. The molecule has 4 rings (SSSR count). The van der Waals surface area contributed by atoms with Gasteiger partial charge < -0.3 is 19.5 Å². The van der Waals surface area contributed by atoms with Crippen molar-refractivity contribution in [3.05, 3.63) is 65.1 Å². The van der Waals surface area contributed by atoms with E-state index in [0.717, 1.165) is 0 Å². The molecule has 0 saturated carbocycles. The molecule has 0 radical (unpaired) electrons. The number of halogens is 1. The van der Waals surface area contributed by atoms with E-state index in [1.807, 2.05) is 19.1 Å². The summed E-state index contributed by atoms with van der Waals surface area (Å²) in [7, 11) is 1.31. The van der Waals surface area contributed by atoms with Crippen LogP contribution < -0.4 is 19.7 Å². The topological polar surface area (TPSA) is 60.0 Å². The van der Waals surface area contributed by atoms with Gasteiger partial charge in [0, 0.05) is 17.3 Å². The number of thiocarbonyl (C=S) groups is 1. The lowest BCUT2D eigenvalue weighted by molar-refractivity contribution is -0.136. The van der Waals surface area contributed by atoms with Gasteiger partial charge in [-0.3, -0.25) is 4.90 Å². The Morgan fingerprint density at radius 1 is 1.23 bits per heavy atom. The molecule has 2 aliphatic heterocycles. The highest BCUT2D eigenvalue weighted by Gasteiger charge is 2.37. The highest BCUT2D eigenvalue weighted by molar-refractivity contribution is 7.80. The number of ether oxygens (including phenoxy) is 3. The molecular formula is C22H21FN2O4S. The number of fused-ring (bicyclic) bond motifs is 1. The van der Waals surface area contributed by atoms with Crippen LogP contribution in [-0.4, -0.2) is 31.4 Å². The van der Waals surface area contributed by atoms with Gasteiger partial charge in [0.2, 0.25) is 0 Å². The Bertz CT molecular complexity index is 1040. The zero-order chi connectivity index (χ0) is 21.3. The number of nitrogens with zero attached hydrogens (tertiary/aromatic N) is 1. The van der Waals surface area contributed by atoms with Crippen LogP contribution in [0.2, 0.25) is 0 Å². The van der Waals surface area contributed by atoms with E-state index >= 15 is 0 Å². The van der Waals surface area contributed by atoms with Crippen LogP contribution in [0.5, 0.6) is 11.5 Å². The predicted molar refractivity (Wildman–Crippen MR) is 114 cm³/mol. The number of esters is 1. The zero-order valence-electron chi connectivity index (χ0n) is 16.6. The number of rotatable bonds is 4. The number of carbonyl (C=O) groups is 1. The highest BCUT2D eigenvalue weighted by Crippen LogP contribution is 2.40. The van der Waals surface area contributed by atoms with Gasteiger partial charge in [-0.1, -0.05) is 25.1 Å². The van der Waals surface area contributed by atoms with Crippen molar-refractivity contribution < 1.29 is 23.4 Å². The molecular weight excluding hydrogens is 407 g/mol. The van der Waals surface area contributed by atoms with Gasteiger partial charge in [-0.15, -0.1) is 0 Å². The maximum Gasteiger partial charge on any atom is 0.338 e. The molecule has 2 aliphatic rings. The summed E-state index contributed by atoms with van der Waals surface area (Å²) in [4.78, 5) is 14.6. The first-order valence-corrected chi connectivity index (χ1v) is 10.0. The fourth-order valence-electron chi connectivity index (χ4n) is 3.75. The molecule has 0 amide bonds. The molecule has 2 heterocycles. The molecule has 2 aromatic carbocycles. The van der Waals surface area contributed by atoms with Gasteiger partial charge in [-0.05, 0) is 36.8 Å². The van der Waals surface area contributed by atoms with Crippen LogP contribution >= 0.6 is 12.2 Å². The monoisotopic (exact) mass is 428 g/mol. The molecule has 0 unspecified atom stereocenters. The summed E-state index contributed by atoms with van der Waals surface area (Å²) in [6, 6.07) is 11.0. The van der Waals surface area contributed by atoms with Crippen molar-refractivity contribution in [3.63, 3.8) is 0 Å². The Morgan fingerprint density at radius 3 is 2.67 bits per heavy atom. The van der Waals surface area contributed by atoms with Crippen molar-refractivity contribution in [1.82, 2.24) is 5.32 Å². The fourth-order valence-corrected chi connectivity index (χ4v) is 4.08. The van der Waals surface area contributed by atoms with Gasteiger partial charge in [0.15, 0.2) is 16.6 Å². The first-order valence-electron chi connectivity index (χ1n) is 9.61. The van der Waals surface area contributed by atoms with Crippen molar-refractivity contribution in [2.75, 3.05) is 25.2 Å². The third kappa shape index (κ3) is 3.47. The number of methoxy groups -OCH3 is 1. The molecule has 30 heavy (non-hydrogen) atoms. The zero-order valence-corrected chi connectivity index (χ0v) is 17.4. The van der Waals surface area contributed by atoms with Crippen molar-refractivity contribution in [1.29, 1.82) is 0 Å². The quantitative estimate of drug-likeness (QED) is 0.586. The van der Waals surface area contributed by atoms with E-state index in [2.05, 4.69) is 5.32 Å². The van der Waals surface area contributed by atoms with E-state index in [4.69, 9.17) is 26.4 Å². The number of benzene rings is 2. The summed E-state index contributed by atoms with van der Waals surface area (Å²) in [6.45, 7) is 2.86. The lowest BCUT2D eigenvalue weighted by atomic mass is 9.93. The second kappa shape index (κ2) is 8.31. The van der Waals surface area contributed by atoms with Crippen LogP contribution in [0, 0.1) is 5.82 Å². The summed E-state index contributed by atoms with van der Waals surface area (Å²) in [5, 5.41) is 3.47. The fraction of sp³-hybridized carbons (Fsp3) is 0.273. The van der Waals surface area contributed by atoms with Crippen LogP contribution in [0.1, 0.15) is 24.9 Å². The Labute approximate surface area is 179 Å². The lowest BCUT2D eigenvalue weighted by Crippen LogP contribution is -2.48. The van der Waals surface area contributed by atoms with E-state index < -0.39 is 17.8 Å². The summed E-state index contributed by atoms with van der Waals surface area (Å²) in [6.07, 6.45) is 0.478. The largest absolute Gasteiger partial charge is 0.486 e. The minimum atomic E-state index is -0.755. The molecule has 0 fully saturated rings. The number of hydrogen-bond acceptors (Lipinski definition) is 5. The van der Waals surface area contributed by atoms with Gasteiger partial charge in [0.1, 0.15) is 19.0 Å². The molecule has 156 valence electrons. The summed E-state index contributed by atoms with van der Waals surface area (Å²) >= 11 is 5.64. The second-order valence-corrected chi connectivity index (χ2v) is 7.16. The van der Waals surface area contributed by atoms with Crippen LogP contribution in [0.15, 0.2) is 53.7 Å². The van der Waals surface area contributed by atoms with Crippen LogP contribution in [0.4, 0.5) is 10.1 Å². The Morgan fingerprint density at radius 2 is 1.97 bits per heavy atom. The lowest BCUT2D eigenvalue weighted by Gasteiger charge is -2.38. The molecule has 8 heteroatoms. The molecule has 2 aromatic rings. The van der Waals surface area contributed by atoms with E-state index in [0.29, 0.717) is 58.8 Å². The Kier molecular flexibility index (Phi) is 5.59. The number of hydrogen-bond donors (Lipinski definition) is 1. The van der Waals surface area contributed by atoms with E-state index in [9.17, 15) is 9.18 Å². The van der Waals surface area contributed by atoms with E-state index in [-0.39, 0.29) is 0 Å². The van der Waals surface area contributed by atoms with Gasteiger partial charge in [-0.2, -0.15) is 0 Å². The Hall–Kier alpha value is -3.13. The smallest absolute Gasteiger partial charge is 0.338 e. The first kappa shape index (κ1) is 20.2. The van der Waals surface area contributed by atoms with Crippen molar-refractivity contribution in [3.8, 4) is 11.5 Å². The molecule has 1 atom stereocenters. The van der Waals surface area contributed by atoms with Gasteiger partial charge in [0.05, 0.1) is 24.4 Å². The summed E-state index contributed by atoms with van der Waals surface area (Å²) < 4.78 is 30.9. The molecule has 0 aromatic heterocycles. The van der Waals surface area contributed by atoms with E-state index in [1.54, 1.807) is 29.2 Å². The van der Waals surface area contributed by atoms with Crippen molar-refractivity contribution in [2.24, 2.45) is 0 Å². The SMILES string of the molecule is CCC1=C(C(=O)OC)[C@@H](c2ccccc2F)NC(=S)N1c1ccc2c(c1)OCCO2. The third-order valence-electron chi connectivity index (χ3n) is 5.08. The molecule has 0 saturated heterocycles. The molecule has 6 nitrogen and oxygen atoms in total. The molecule has 1 N–H and O–H groups in total. The van der Waals surface area contributed by atoms with Gasteiger partial charge >= 0.3 is 5.97 Å². The normalized spacial score (nSPS) is 18.2. The predicted octanol–water partition coefficient (Wildman–Crippen LogP) is 3.87. The Balaban J connectivity index is 1.86. The third-order valence-corrected chi connectivity index (χ3v) is 5.38. The molecule has 0 aliphatic carbocycles. The standard InChI is InChI=1S/C22H21FN2O4S/c1-3-16-19(21(26)27-2)20(14-6-4-5-7-15(14)23)24-22(30)25(16)13-8-9-17-18(12-13)29-11-10-28-17/h4-9,12,20H,3,10-11H2,1-2H3,(H,24,30)/t20-/m1/s1. The second-order valence-electron chi connectivity index (χ2n) is 6.77. The van der Waals surface area contributed by atoms with Gasteiger partial charge in [-0.25, -0.2) is 9.18 Å². The number of allylic oxidation sites excluding steroid dienone is 1. The number of anilines is 1. The summed E-state index contributed by atoms with van der Waals surface area (Å²) in [5.41, 5.74) is 1.99. The molecule has 0 spiro atoms. The van der Waals surface area contributed by atoms with Gasteiger partial charge in [0.25, 0.3) is 0 Å². The number of nitrogens with one attached hydrogen (secondary N) is 1.